The van der Waals surface area contributed by atoms with E-state index in [0.29, 0.717) is 5.56 Å². The van der Waals surface area contributed by atoms with Gasteiger partial charge in [0.1, 0.15) is 16.7 Å². The van der Waals surface area contributed by atoms with Crippen LogP contribution in [0, 0.1) is 11.3 Å². The van der Waals surface area contributed by atoms with Crippen molar-refractivity contribution >= 4 is 27.6 Å². The number of rotatable bonds is 5. The predicted molar refractivity (Wildman–Crippen MR) is 156 cm³/mol. The number of hydrogen-bond donors (Lipinski definition) is 2. The maximum Gasteiger partial charge on any atom is 0.136 e. The average Bonchev–Trinajstić information content (AvgIpc) is 2.81. The molecule has 37 heavy (non-hydrogen) atoms. The van der Waals surface area contributed by atoms with Gasteiger partial charge in [0.15, 0.2) is 0 Å². The zero-order valence-electron chi connectivity index (χ0n) is 22.7. The first-order valence-electron chi connectivity index (χ1n) is 12.2. The van der Waals surface area contributed by atoms with Gasteiger partial charge in [-0.1, -0.05) is 96.2 Å². The molecule has 0 amide bonds. The zero-order valence-corrected chi connectivity index (χ0v) is 23.6. The van der Waals surface area contributed by atoms with Crippen LogP contribution in [0.15, 0.2) is 76.5 Å². The van der Waals surface area contributed by atoms with Gasteiger partial charge in [0.25, 0.3) is 0 Å². The number of benzene rings is 3. The van der Waals surface area contributed by atoms with E-state index in [0.717, 1.165) is 22.3 Å². The van der Waals surface area contributed by atoms with Crippen molar-refractivity contribution in [1.82, 2.24) is 0 Å². The van der Waals surface area contributed by atoms with Crippen LogP contribution in [0.3, 0.4) is 0 Å². The predicted octanol–water partition coefficient (Wildman–Crippen LogP) is 8.00. The largest absolute Gasteiger partial charge is 0.507 e. The van der Waals surface area contributed by atoms with Crippen molar-refractivity contribution in [2.45, 2.75) is 57.3 Å². The molecular formula is C32H37NO3S. The van der Waals surface area contributed by atoms with E-state index in [9.17, 15) is 19.1 Å². The van der Waals surface area contributed by atoms with E-state index in [1.54, 1.807) is 36.4 Å². The van der Waals surface area contributed by atoms with Crippen LogP contribution < -0.4 is 0 Å². The van der Waals surface area contributed by atoms with Crippen molar-refractivity contribution in [3.05, 3.63) is 99.5 Å². The molecule has 0 spiro atoms. The van der Waals surface area contributed by atoms with Crippen LogP contribution in [0.5, 0.6) is 5.75 Å². The summed E-state index contributed by atoms with van der Waals surface area (Å²) in [5, 5.41) is 21.0. The number of phenols is 1. The molecule has 0 bridgehead atoms. The van der Waals surface area contributed by atoms with Crippen molar-refractivity contribution in [1.29, 1.82) is 5.26 Å². The standard InChI is InChI=1S/C32H37NO3S/c1-31(2,3)28-20-25(21-29(30(28)34)32(4,5)6)19-27(22-33)37(7,35,36)26-17-15-24(16-18-26)14-13-23-11-9-8-10-12-23/h8-21,34H,1-7H3,(H,35,36)/b14-13+,27-19+. The molecule has 0 aliphatic heterocycles. The average molecular weight is 516 g/mol. The van der Waals surface area contributed by atoms with Crippen molar-refractivity contribution in [3.8, 4) is 11.8 Å². The zero-order chi connectivity index (χ0) is 27.7. The van der Waals surface area contributed by atoms with Gasteiger partial charge in [-0.3, -0.25) is 4.55 Å². The van der Waals surface area contributed by atoms with E-state index in [1.807, 2.05) is 90.1 Å². The minimum atomic E-state index is -4.67. The molecule has 4 nitrogen and oxygen atoms in total. The second-order valence-electron chi connectivity index (χ2n) is 11.7. The van der Waals surface area contributed by atoms with E-state index in [4.69, 9.17) is 0 Å². The summed E-state index contributed by atoms with van der Waals surface area (Å²) >= 11 is 0. The van der Waals surface area contributed by atoms with Gasteiger partial charge in [0.05, 0.1) is 4.90 Å². The van der Waals surface area contributed by atoms with E-state index >= 15 is 0 Å². The molecule has 5 heteroatoms. The number of nitriles is 1. The number of allylic oxidation sites excluding steroid dienone is 1. The summed E-state index contributed by atoms with van der Waals surface area (Å²) in [6, 6.07) is 22.2. The Morgan fingerprint density at radius 1 is 0.811 bits per heavy atom. The summed E-state index contributed by atoms with van der Waals surface area (Å²) in [7, 11) is -4.67. The number of nitrogens with zero attached hydrogens (tertiary/aromatic N) is 1. The van der Waals surface area contributed by atoms with Gasteiger partial charge in [-0.25, -0.2) is 0 Å². The first-order chi connectivity index (χ1) is 17.0. The molecule has 0 fully saturated rings. The molecule has 2 N–H and O–H groups in total. The Hall–Kier alpha value is -3.46. The summed E-state index contributed by atoms with van der Waals surface area (Å²) in [6.45, 7) is 12.0. The van der Waals surface area contributed by atoms with Crippen LogP contribution in [0.4, 0.5) is 0 Å². The highest BCUT2D eigenvalue weighted by Crippen LogP contribution is 2.42. The third kappa shape index (κ3) is 6.28. The SMILES string of the molecule is CC(C)(C)c1cc(/C=C(\C#N)S(C)(=O)(O)c2ccc(/C=C/c3ccccc3)cc2)cc(C(C)(C)C)c1O. The van der Waals surface area contributed by atoms with Crippen molar-refractivity contribution in [2.24, 2.45) is 0 Å². The molecule has 0 aliphatic carbocycles. The molecular weight excluding hydrogens is 478 g/mol. The first kappa shape index (κ1) is 28.1. The van der Waals surface area contributed by atoms with Gasteiger partial charge in [0, 0.05) is 17.4 Å². The second kappa shape index (κ2) is 9.78. The van der Waals surface area contributed by atoms with Gasteiger partial charge in [-0.15, -0.1) is 9.35 Å². The summed E-state index contributed by atoms with van der Waals surface area (Å²) in [5.41, 5.74) is 3.24. The molecule has 0 saturated carbocycles. The monoisotopic (exact) mass is 515 g/mol. The molecule has 0 atom stereocenters. The Bertz CT molecular complexity index is 1420. The van der Waals surface area contributed by atoms with Crippen LogP contribution >= 0.6 is 0 Å². The van der Waals surface area contributed by atoms with E-state index in [1.165, 1.54) is 12.3 Å². The normalized spacial score (nSPS) is 14.2. The third-order valence-corrected chi connectivity index (χ3v) is 9.00. The maximum atomic E-state index is 14.0. The highest BCUT2D eigenvalue weighted by Gasteiger charge is 2.31. The number of phenolic OH excluding ortho intramolecular Hbond substituents is 1. The van der Waals surface area contributed by atoms with Crippen LogP contribution in [-0.2, 0) is 20.2 Å². The maximum absolute atomic E-state index is 14.0. The van der Waals surface area contributed by atoms with E-state index < -0.39 is 9.35 Å². The molecule has 0 aromatic heterocycles. The van der Waals surface area contributed by atoms with Crippen LogP contribution in [-0.4, -0.2) is 20.1 Å². The van der Waals surface area contributed by atoms with Crippen molar-refractivity contribution in [3.63, 3.8) is 0 Å². The smallest absolute Gasteiger partial charge is 0.136 e. The Kier molecular flexibility index (Phi) is 7.43. The second-order valence-corrected chi connectivity index (χ2v) is 15.2. The van der Waals surface area contributed by atoms with Gasteiger partial charge in [-0.05, 0) is 57.9 Å². The number of aromatic hydroxyl groups is 1. The molecule has 0 unspecified atom stereocenters. The first-order valence-corrected chi connectivity index (χ1v) is 14.6. The summed E-state index contributed by atoms with van der Waals surface area (Å²) in [4.78, 5) is -0.0532. The van der Waals surface area contributed by atoms with Gasteiger partial charge in [0.2, 0.25) is 0 Å². The fourth-order valence-corrected chi connectivity index (χ4v) is 5.76. The fourth-order valence-electron chi connectivity index (χ4n) is 4.10. The summed E-state index contributed by atoms with van der Waals surface area (Å²) < 4.78 is 25.5. The van der Waals surface area contributed by atoms with Crippen LogP contribution in [0.25, 0.3) is 18.2 Å². The lowest BCUT2D eigenvalue weighted by atomic mass is 9.78. The summed E-state index contributed by atoms with van der Waals surface area (Å²) in [5.74, 6) is 0.216. The molecule has 0 radical (unpaired) electrons. The fraction of sp³-hybridized carbons (Fsp3) is 0.281. The van der Waals surface area contributed by atoms with Gasteiger partial charge in [-0.2, -0.15) is 9.47 Å². The summed E-state index contributed by atoms with van der Waals surface area (Å²) in [6.07, 6.45) is 6.60. The lowest BCUT2D eigenvalue weighted by Crippen LogP contribution is -2.32. The molecule has 0 heterocycles. The molecule has 0 saturated heterocycles. The van der Waals surface area contributed by atoms with Crippen LogP contribution in [0.1, 0.15) is 69.4 Å². The Balaban J connectivity index is 2.08. The Morgan fingerprint density at radius 3 is 1.70 bits per heavy atom. The van der Waals surface area contributed by atoms with Gasteiger partial charge < -0.3 is 5.11 Å². The number of hydrogen-bond acceptors (Lipinski definition) is 3. The lowest BCUT2D eigenvalue weighted by Gasteiger charge is -2.38. The quantitative estimate of drug-likeness (QED) is 0.266. The molecule has 3 rings (SSSR count). The third-order valence-electron chi connectivity index (χ3n) is 6.38. The Labute approximate surface area is 221 Å². The highest BCUT2D eigenvalue weighted by molar-refractivity contribution is 8.18. The van der Waals surface area contributed by atoms with Gasteiger partial charge >= 0.3 is 0 Å². The molecule has 3 aromatic rings. The van der Waals surface area contributed by atoms with Crippen molar-refractivity contribution < 1.29 is 13.9 Å². The topological polar surface area (TPSA) is 81.3 Å². The van der Waals surface area contributed by atoms with E-state index in [2.05, 4.69) is 0 Å². The van der Waals surface area contributed by atoms with Crippen molar-refractivity contribution in [2.75, 3.05) is 6.26 Å². The van der Waals surface area contributed by atoms with E-state index in [-0.39, 0.29) is 26.4 Å². The highest BCUT2D eigenvalue weighted by atomic mass is 32.3. The molecule has 194 valence electrons. The minimum Gasteiger partial charge on any atom is -0.507 e. The van der Waals surface area contributed by atoms with Crippen LogP contribution in [0.2, 0.25) is 0 Å². The minimum absolute atomic E-state index is 0.174. The molecule has 0 aliphatic rings. The lowest BCUT2D eigenvalue weighted by molar-refractivity contribution is 0.423. The molecule has 3 aromatic carbocycles. The Morgan fingerprint density at radius 2 is 1.27 bits per heavy atom.